The van der Waals surface area contributed by atoms with Gasteiger partial charge in [0.25, 0.3) is 0 Å². The van der Waals surface area contributed by atoms with Crippen molar-refractivity contribution < 1.29 is 13.7 Å². The van der Waals surface area contributed by atoms with E-state index in [1.165, 1.54) is 0 Å². The average Bonchev–Trinajstić information content (AvgIpc) is 1.78. The fourth-order valence-corrected chi connectivity index (χ4v) is 1.44. The molecule has 4 heteroatoms. The molecule has 0 radical (unpaired) electrons. The van der Waals surface area contributed by atoms with Crippen LogP contribution in [0.15, 0.2) is 0 Å². The Bertz CT molecular complexity index is 160. The van der Waals surface area contributed by atoms with Crippen LogP contribution in [0.5, 0.6) is 0 Å². The number of alkyl halides is 1. The highest BCUT2D eigenvalue weighted by molar-refractivity contribution is 6.19. The summed E-state index contributed by atoms with van der Waals surface area (Å²) in [4.78, 5) is 0. The van der Waals surface area contributed by atoms with Gasteiger partial charge in [-0.2, -0.15) is 0 Å². The molecule has 0 saturated carbocycles. The highest BCUT2D eigenvalue weighted by Gasteiger charge is 2.17. The first-order valence-electron chi connectivity index (χ1n) is 4.97. The predicted molar refractivity (Wildman–Crippen MR) is 61.4 cm³/mol. The molecule has 0 aromatic rings. The molecular weight excluding hydrogens is 200 g/mol. The molecule has 0 rings (SSSR count). The Hall–Kier alpha value is 0.170. The van der Waals surface area contributed by atoms with Gasteiger partial charge in [0.05, 0.1) is 48.9 Å². The summed E-state index contributed by atoms with van der Waals surface area (Å²) in [6.07, 6.45) is 0. The quantitative estimate of drug-likeness (QED) is 0.483. The number of quaternary nitrogens is 2. The second kappa shape index (κ2) is 5.31. The summed E-state index contributed by atoms with van der Waals surface area (Å²) in [6.45, 7) is 2.54. The van der Waals surface area contributed by atoms with Crippen LogP contribution in [0, 0.1) is 0 Å². The Labute approximate surface area is 93.4 Å². The minimum Gasteiger partial charge on any atom is -0.351 e. The molecule has 0 amide bonds. The topological polar surface area (TPSA) is 9.23 Å². The highest BCUT2D eigenvalue weighted by Crippen LogP contribution is 2.04. The molecule has 1 atom stereocenters. The third kappa shape index (κ3) is 10.3. The fourth-order valence-electron chi connectivity index (χ4n) is 0.938. The second-order valence-electron chi connectivity index (χ2n) is 5.77. The maximum Gasteiger partial charge on any atom is 0.179 e. The number of rotatable bonds is 6. The highest BCUT2D eigenvalue weighted by atomic mass is 35.5. The first-order chi connectivity index (χ1) is 6.10. The van der Waals surface area contributed by atoms with Crippen LogP contribution in [0.3, 0.4) is 0 Å². The van der Waals surface area contributed by atoms with Gasteiger partial charge in [0.15, 0.2) is 5.56 Å². The van der Waals surface area contributed by atoms with Gasteiger partial charge >= 0.3 is 0 Å². The summed E-state index contributed by atoms with van der Waals surface area (Å²) in [5.41, 5.74) is -0.179. The van der Waals surface area contributed by atoms with E-state index >= 15 is 0 Å². The standard InChI is InChI=1S/C10H25ClN2O/c1-12(2,3)7-8-14-10(11)9-13(4,5)6/h10H,7-9H2,1-6H3/q+2. The third-order valence-corrected chi connectivity index (χ3v) is 2.02. The molecule has 0 fully saturated rings. The molecule has 0 aliphatic rings. The Kier molecular flexibility index (Phi) is 5.37. The smallest absolute Gasteiger partial charge is 0.179 e. The van der Waals surface area contributed by atoms with E-state index in [0.717, 1.165) is 28.7 Å². The lowest BCUT2D eigenvalue weighted by Gasteiger charge is -2.28. The van der Waals surface area contributed by atoms with Gasteiger partial charge in [-0.25, -0.2) is 0 Å². The zero-order valence-corrected chi connectivity index (χ0v) is 11.1. The van der Waals surface area contributed by atoms with E-state index in [1.54, 1.807) is 0 Å². The molecule has 0 bridgehead atoms. The van der Waals surface area contributed by atoms with E-state index < -0.39 is 0 Å². The van der Waals surface area contributed by atoms with Crippen molar-refractivity contribution in [2.45, 2.75) is 5.56 Å². The van der Waals surface area contributed by atoms with Crippen molar-refractivity contribution in [2.75, 3.05) is 62.0 Å². The average molecular weight is 225 g/mol. The zero-order valence-electron chi connectivity index (χ0n) is 10.4. The van der Waals surface area contributed by atoms with Crippen molar-refractivity contribution in [1.29, 1.82) is 0 Å². The maximum absolute atomic E-state index is 6.05. The number of hydrogen-bond donors (Lipinski definition) is 0. The van der Waals surface area contributed by atoms with Crippen molar-refractivity contribution in [1.82, 2.24) is 0 Å². The second-order valence-corrected chi connectivity index (χ2v) is 6.25. The Morgan fingerprint density at radius 3 is 1.86 bits per heavy atom. The zero-order chi connectivity index (χ0) is 11.4. The number of ether oxygens (including phenoxy) is 1. The molecule has 14 heavy (non-hydrogen) atoms. The number of likely N-dealkylation sites (N-methyl/N-ethyl adjacent to an activating group) is 2. The van der Waals surface area contributed by atoms with E-state index in [9.17, 15) is 0 Å². The summed E-state index contributed by atoms with van der Waals surface area (Å²) >= 11 is 6.05. The van der Waals surface area contributed by atoms with Crippen LogP contribution in [0.1, 0.15) is 0 Å². The number of halogens is 1. The van der Waals surface area contributed by atoms with Crippen LogP contribution in [0.25, 0.3) is 0 Å². The lowest BCUT2D eigenvalue weighted by atomic mass is 10.5. The van der Waals surface area contributed by atoms with Gasteiger partial charge in [0, 0.05) is 0 Å². The van der Waals surface area contributed by atoms with Crippen molar-refractivity contribution in [2.24, 2.45) is 0 Å². The molecule has 0 spiro atoms. The molecule has 0 saturated heterocycles. The molecule has 0 aliphatic carbocycles. The molecule has 3 nitrogen and oxygen atoms in total. The molecular formula is C10H25ClN2O+2. The van der Waals surface area contributed by atoms with E-state index in [1.807, 2.05) is 0 Å². The van der Waals surface area contributed by atoms with Gasteiger partial charge in [-0.3, -0.25) is 0 Å². The first-order valence-corrected chi connectivity index (χ1v) is 5.40. The molecule has 0 aromatic carbocycles. The minimum atomic E-state index is -0.179. The lowest BCUT2D eigenvalue weighted by Crippen LogP contribution is -2.42. The monoisotopic (exact) mass is 224 g/mol. The van der Waals surface area contributed by atoms with Gasteiger partial charge in [-0.1, -0.05) is 11.6 Å². The SMILES string of the molecule is C[N+](C)(C)CCOC(Cl)C[N+](C)(C)C. The van der Waals surface area contributed by atoms with E-state index in [-0.39, 0.29) is 5.56 Å². The van der Waals surface area contributed by atoms with Gasteiger partial charge in [0.2, 0.25) is 0 Å². The van der Waals surface area contributed by atoms with Gasteiger partial charge < -0.3 is 13.7 Å². The van der Waals surface area contributed by atoms with E-state index in [0.29, 0.717) is 0 Å². The largest absolute Gasteiger partial charge is 0.351 e. The summed E-state index contributed by atoms with van der Waals surface area (Å²) < 4.78 is 7.27. The first kappa shape index (κ1) is 14.2. The van der Waals surface area contributed by atoms with E-state index in [2.05, 4.69) is 42.3 Å². The van der Waals surface area contributed by atoms with Crippen LogP contribution in [-0.2, 0) is 4.74 Å². The van der Waals surface area contributed by atoms with Crippen molar-refractivity contribution in [3.05, 3.63) is 0 Å². The fraction of sp³-hybridized carbons (Fsp3) is 1.00. The molecule has 0 aromatic heterocycles. The normalized spacial score (nSPS) is 15.6. The molecule has 0 N–H and O–H groups in total. The predicted octanol–water partition coefficient (Wildman–Crippen LogP) is 0.980. The Morgan fingerprint density at radius 1 is 1.00 bits per heavy atom. The Morgan fingerprint density at radius 2 is 1.50 bits per heavy atom. The van der Waals surface area contributed by atoms with Gasteiger partial charge in [-0.05, 0) is 0 Å². The van der Waals surface area contributed by atoms with Crippen molar-refractivity contribution >= 4 is 11.6 Å². The van der Waals surface area contributed by atoms with Crippen molar-refractivity contribution in [3.63, 3.8) is 0 Å². The van der Waals surface area contributed by atoms with Crippen LogP contribution in [0.2, 0.25) is 0 Å². The van der Waals surface area contributed by atoms with Crippen LogP contribution in [0.4, 0.5) is 0 Å². The summed E-state index contributed by atoms with van der Waals surface area (Å²) in [7, 11) is 12.8. The van der Waals surface area contributed by atoms with Crippen LogP contribution < -0.4 is 0 Å². The minimum absolute atomic E-state index is 0.179. The molecule has 0 heterocycles. The van der Waals surface area contributed by atoms with Gasteiger partial charge in [0.1, 0.15) is 13.1 Å². The molecule has 0 aliphatic heterocycles. The summed E-state index contributed by atoms with van der Waals surface area (Å²) in [5, 5.41) is 0. The summed E-state index contributed by atoms with van der Waals surface area (Å²) in [5.74, 6) is 0. The maximum atomic E-state index is 6.05. The third-order valence-electron chi connectivity index (χ3n) is 1.75. The molecule has 86 valence electrons. The van der Waals surface area contributed by atoms with Crippen LogP contribution in [-0.4, -0.2) is 76.5 Å². The van der Waals surface area contributed by atoms with E-state index in [4.69, 9.17) is 16.3 Å². The van der Waals surface area contributed by atoms with Crippen LogP contribution >= 0.6 is 11.6 Å². The number of hydrogen-bond acceptors (Lipinski definition) is 1. The lowest BCUT2D eigenvalue weighted by molar-refractivity contribution is -0.875. The number of nitrogens with zero attached hydrogens (tertiary/aromatic N) is 2. The van der Waals surface area contributed by atoms with Crippen molar-refractivity contribution in [3.8, 4) is 0 Å². The molecule has 1 unspecified atom stereocenters. The Balaban J connectivity index is 3.60. The summed E-state index contributed by atoms with van der Waals surface area (Å²) in [6, 6.07) is 0. The van der Waals surface area contributed by atoms with Gasteiger partial charge in [-0.15, -0.1) is 0 Å².